The van der Waals surface area contributed by atoms with Crippen LogP contribution in [0.2, 0.25) is 0 Å². The molecule has 492 valence electrons. The summed E-state index contributed by atoms with van der Waals surface area (Å²) in [4.78, 5) is 101. The molecule has 2 saturated heterocycles. The molecule has 0 spiro atoms. The molecule has 0 unspecified atom stereocenters. The third-order valence-electron chi connectivity index (χ3n) is 15.0. The summed E-state index contributed by atoms with van der Waals surface area (Å²) in [7, 11) is 0. The molecule has 0 aliphatic carbocycles. The maximum atomic E-state index is 13.0. The number of ketones is 1. The van der Waals surface area contributed by atoms with Crippen molar-refractivity contribution in [1.82, 2.24) is 26.6 Å². The summed E-state index contributed by atoms with van der Waals surface area (Å²) in [5.41, 5.74) is 2.73. The molecule has 12 atom stereocenters. The number of furan rings is 2. The van der Waals surface area contributed by atoms with E-state index in [9.17, 15) is 74.1 Å². The van der Waals surface area contributed by atoms with E-state index >= 15 is 0 Å². The number of rotatable bonds is 35. The minimum atomic E-state index is -2.48. The second-order valence-electron chi connectivity index (χ2n) is 21.8. The van der Waals surface area contributed by atoms with Crippen LogP contribution in [0.5, 0.6) is 0 Å². The largest absolute Gasteiger partial charge is 0.477 e. The number of nitrogens with one attached hydrogen (secondary N) is 5. The lowest BCUT2D eigenvalue weighted by atomic mass is 9.88. The Morgan fingerprint density at radius 2 is 1.02 bits per heavy atom. The highest BCUT2D eigenvalue weighted by molar-refractivity contribution is 7.99. The topological polar surface area (TPSA) is 402 Å². The molecule has 91 heavy (non-hydrogen) atoms. The number of aldehydes is 1. The summed E-state index contributed by atoms with van der Waals surface area (Å²) < 4.78 is 34.1. The Kier molecular flexibility index (Phi) is 26.9. The first-order chi connectivity index (χ1) is 43.6. The number of hydrogen-bond donors (Lipinski definition) is 12. The highest BCUT2D eigenvalue weighted by atomic mass is 32.2. The molecule has 7 rings (SSSR count). The predicted molar refractivity (Wildman–Crippen MR) is 330 cm³/mol. The van der Waals surface area contributed by atoms with Gasteiger partial charge in [-0.05, 0) is 97.2 Å². The van der Waals surface area contributed by atoms with Crippen LogP contribution < -0.4 is 26.6 Å². The molecule has 2 aliphatic heterocycles. The summed E-state index contributed by atoms with van der Waals surface area (Å²) in [6.07, 6.45) is -9.67. The average Bonchev–Trinajstić information content (AvgIpc) is 2.09. The van der Waals surface area contributed by atoms with E-state index in [0.717, 1.165) is 18.1 Å². The van der Waals surface area contributed by atoms with Crippen molar-refractivity contribution in [1.29, 1.82) is 0 Å². The molecule has 0 radical (unpaired) electrons. The standard InChI is InChI=1S/C63H77N5O21S2/c1-37(70)67-52-46(73)32-62(36-69,88-56(52)54(77)48(75)34-65-59(80)43-19-13-40(14-20-43)50-9-3-24-84-50)86-26-6-30-91-31-23-64-58(79)42-17-11-39(12-18-42)45(72)8-5-28-90-29-7-27-87-63(61(82)83)33-47(74)53(68-38(2)71)57(89-63)55(78)49(76)35-66-60(81)44-21-15-41(16-22-44)51-10-4-25-85-51/h3-4,9-22,24-25,36,46-49,52-57,73-78H,5-8,23,26-35H2,1-2H3,(H,64,79)(H,65,80)(H,66,81)(H,67,70)(H,68,71)(H,82,83)/t46-,47-,48+,49-,52+,53+,54+,55+,56+,57+,62+,63+/m0/s1. The molecule has 2 aromatic heterocycles. The second kappa shape index (κ2) is 34.4. The number of carboxylic acid groups (broad SMARTS) is 1. The number of aliphatic hydroxyl groups excluding tert-OH is 6. The zero-order valence-electron chi connectivity index (χ0n) is 50.0. The van der Waals surface area contributed by atoms with Crippen molar-refractivity contribution in [2.45, 2.75) is 125 Å². The van der Waals surface area contributed by atoms with E-state index in [0.29, 0.717) is 77.8 Å². The monoisotopic (exact) mass is 1300 g/mol. The minimum Gasteiger partial charge on any atom is -0.477 e. The second-order valence-corrected chi connectivity index (χ2v) is 24.2. The number of Topliss-reactive ketones (excluding diaryl/α,β-unsaturated/α-hetero) is 1. The highest BCUT2D eigenvalue weighted by Gasteiger charge is 2.56. The van der Waals surface area contributed by atoms with Gasteiger partial charge < -0.3 is 90.1 Å². The fourth-order valence-electron chi connectivity index (χ4n) is 10.2. The molecule has 26 nitrogen and oxygen atoms in total. The Balaban J connectivity index is 0.763. The minimum absolute atomic E-state index is 0.0251. The van der Waals surface area contributed by atoms with E-state index < -0.39 is 128 Å². The zero-order valence-corrected chi connectivity index (χ0v) is 51.6. The van der Waals surface area contributed by atoms with Gasteiger partial charge in [0.2, 0.25) is 17.6 Å². The number of benzene rings is 3. The maximum absolute atomic E-state index is 13.0. The van der Waals surface area contributed by atoms with E-state index in [1.54, 1.807) is 97.1 Å². The predicted octanol–water partition coefficient (Wildman–Crippen LogP) is 2.47. The third-order valence-corrected chi connectivity index (χ3v) is 17.2. The Hall–Kier alpha value is -7.32. The molecule has 5 amide bonds. The highest BCUT2D eigenvalue weighted by Crippen LogP contribution is 2.35. The quantitative estimate of drug-likeness (QED) is 0.0157. The van der Waals surface area contributed by atoms with Crippen molar-refractivity contribution in [2.24, 2.45) is 0 Å². The molecule has 5 aromatic rings. The van der Waals surface area contributed by atoms with Crippen LogP contribution in [0.3, 0.4) is 0 Å². The fraction of sp³-hybridized carbons (Fsp3) is 0.460. The van der Waals surface area contributed by atoms with E-state index in [2.05, 4.69) is 26.6 Å². The number of carbonyl (C=O) groups is 8. The molecular weight excluding hydrogens is 1230 g/mol. The van der Waals surface area contributed by atoms with Crippen LogP contribution in [-0.2, 0) is 38.1 Å². The van der Waals surface area contributed by atoms with E-state index in [1.165, 1.54) is 43.0 Å². The first-order valence-electron chi connectivity index (χ1n) is 29.5. The molecule has 28 heteroatoms. The van der Waals surface area contributed by atoms with Crippen LogP contribution in [0, 0.1) is 0 Å². The van der Waals surface area contributed by atoms with Gasteiger partial charge in [0.25, 0.3) is 23.5 Å². The summed E-state index contributed by atoms with van der Waals surface area (Å²) in [5.74, 6) is -5.69. The van der Waals surface area contributed by atoms with Gasteiger partial charge in [-0.2, -0.15) is 23.5 Å². The maximum Gasteiger partial charge on any atom is 0.364 e. The van der Waals surface area contributed by atoms with Gasteiger partial charge in [0.1, 0.15) is 35.9 Å². The van der Waals surface area contributed by atoms with Crippen molar-refractivity contribution >= 4 is 71.1 Å². The van der Waals surface area contributed by atoms with Gasteiger partial charge in [-0.3, -0.25) is 33.6 Å². The van der Waals surface area contributed by atoms with Gasteiger partial charge in [0, 0.05) is 91.9 Å². The van der Waals surface area contributed by atoms with Crippen molar-refractivity contribution in [2.75, 3.05) is 55.9 Å². The van der Waals surface area contributed by atoms with Gasteiger partial charge in [0.15, 0.2) is 12.1 Å². The third kappa shape index (κ3) is 20.1. The van der Waals surface area contributed by atoms with Crippen molar-refractivity contribution in [3.05, 3.63) is 132 Å². The number of ether oxygens (including phenoxy) is 4. The smallest absolute Gasteiger partial charge is 0.364 e. The molecule has 12 N–H and O–H groups in total. The average molecular weight is 1300 g/mol. The number of aliphatic hydroxyl groups is 6. The van der Waals surface area contributed by atoms with Crippen LogP contribution in [0.4, 0.5) is 0 Å². The molecular formula is C63H77N5O21S2. The lowest BCUT2D eigenvalue weighted by Gasteiger charge is -2.46. The Morgan fingerprint density at radius 1 is 0.582 bits per heavy atom. The lowest BCUT2D eigenvalue weighted by Crippen LogP contribution is -2.68. The van der Waals surface area contributed by atoms with Crippen LogP contribution in [0.1, 0.15) is 93.8 Å². The van der Waals surface area contributed by atoms with Crippen molar-refractivity contribution < 1.29 is 102 Å². The molecule has 0 saturated carbocycles. The molecule has 2 fully saturated rings. The Bertz CT molecular complexity index is 3180. The Morgan fingerprint density at radius 3 is 1.49 bits per heavy atom. The van der Waals surface area contributed by atoms with Crippen LogP contribution in [0.15, 0.2) is 118 Å². The van der Waals surface area contributed by atoms with Gasteiger partial charge in [-0.15, -0.1) is 0 Å². The molecule has 4 heterocycles. The number of carbonyl (C=O) groups excluding carboxylic acids is 7. The lowest BCUT2D eigenvalue weighted by molar-refractivity contribution is -0.310. The summed E-state index contributed by atoms with van der Waals surface area (Å²) >= 11 is 2.97. The van der Waals surface area contributed by atoms with Gasteiger partial charge in [0.05, 0.1) is 62.2 Å². The summed E-state index contributed by atoms with van der Waals surface area (Å²) in [6, 6.07) is 23.5. The molecule has 0 bridgehead atoms. The number of carboxylic acids is 1. The summed E-state index contributed by atoms with van der Waals surface area (Å²) in [6.45, 7) is 1.48. The number of aliphatic carboxylic acids is 1. The van der Waals surface area contributed by atoms with Gasteiger partial charge in [-0.1, -0.05) is 36.4 Å². The van der Waals surface area contributed by atoms with E-state index in [-0.39, 0.29) is 42.5 Å². The SMILES string of the molecule is CC(=O)N[C@H]1[C@H]([C@H](O)[C@H](O)CNC(=O)c2ccc(-c3ccco3)cc2)O[C@](C=O)(OCCCSCCNC(=O)c2ccc(C(=O)CCCSCCCO[C@]3(C(=O)O)C[C@H](O)[C@@H](NC(C)=O)[C@H]([C@H](O)[C@@H](O)CNC(=O)c4ccc(-c5ccco5)cc4)O3)cc2)C[C@@H]1O. The zero-order chi connectivity index (χ0) is 65.7. The van der Waals surface area contributed by atoms with Gasteiger partial charge >= 0.3 is 5.97 Å². The number of amides is 5. The van der Waals surface area contributed by atoms with Crippen LogP contribution >= 0.6 is 23.5 Å². The number of hydrogen-bond acceptors (Lipinski definition) is 22. The van der Waals surface area contributed by atoms with Crippen molar-refractivity contribution in [3.63, 3.8) is 0 Å². The molecule has 3 aromatic carbocycles. The molecule has 2 aliphatic rings. The first kappa shape index (κ1) is 71.1. The normalized spacial score (nSPS) is 22.7. The summed E-state index contributed by atoms with van der Waals surface area (Å²) in [5, 5.41) is 89.9. The van der Waals surface area contributed by atoms with E-state index in [1.807, 2.05) is 0 Å². The van der Waals surface area contributed by atoms with Crippen LogP contribution in [0.25, 0.3) is 22.6 Å². The Labute approximate surface area is 532 Å². The van der Waals surface area contributed by atoms with Crippen molar-refractivity contribution in [3.8, 4) is 22.6 Å². The van der Waals surface area contributed by atoms with Gasteiger partial charge in [-0.25, -0.2) is 4.79 Å². The first-order valence-corrected chi connectivity index (χ1v) is 31.8. The van der Waals surface area contributed by atoms with Crippen LogP contribution in [-0.4, -0.2) is 212 Å². The number of thioether (sulfide) groups is 2. The fourth-order valence-corrected chi connectivity index (χ4v) is 11.9. The van der Waals surface area contributed by atoms with E-state index in [4.69, 9.17) is 27.8 Å².